The third-order valence-corrected chi connectivity index (χ3v) is 3.65. The van der Waals surface area contributed by atoms with E-state index in [1.165, 1.54) is 12.1 Å². The maximum Gasteiger partial charge on any atom is 0.421 e. The first-order valence-electron chi connectivity index (χ1n) is 6.47. The smallest absolute Gasteiger partial charge is 0.376 e. The summed E-state index contributed by atoms with van der Waals surface area (Å²) in [7, 11) is 0. The molecule has 1 N–H and O–H groups in total. The van der Waals surface area contributed by atoms with Crippen molar-refractivity contribution >= 4 is 10.8 Å². The molecule has 0 saturated heterocycles. The molecule has 0 fully saturated rings. The Balaban J connectivity index is 2.73. The van der Waals surface area contributed by atoms with Crippen LogP contribution < -0.4 is 0 Å². The molecule has 0 amide bonds. The summed E-state index contributed by atoms with van der Waals surface area (Å²) in [6.07, 6.45) is -4.71. The molecule has 2 aromatic carbocycles. The second-order valence-electron chi connectivity index (χ2n) is 5.51. The molecule has 108 valence electrons. The second-order valence-corrected chi connectivity index (χ2v) is 5.51. The van der Waals surface area contributed by atoms with Crippen molar-refractivity contribution < 1.29 is 18.3 Å². The van der Waals surface area contributed by atoms with Crippen LogP contribution in [0.4, 0.5) is 13.2 Å². The molecular weight excluding hydrogens is 265 g/mol. The van der Waals surface area contributed by atoms with E-state index in [4.69, 9.17) is 0 Å². The zero-order valence-corrected chi connectivity index (χ0v) is 11.6. The van der Waals surface area contributed by atoms with Crippen LogP contribution in [0.15, 0.2) is 36.4 Å². The summed E-state index contributed by atoms with van der Waals surface area (Å²) in [5, 5.41) is 11.1. The lowest BCUT2D eigenvalue weighted by Gasteiger charge is -2.28. The summed E-state index contributed by atoms with van der Waals surface area (Å²) in [6, 6.07) is 10.0. The summed E-state index contributed by atoms with van der Waals surface area (Å²) in [5.41, 5.74) is -2.02. The minimum atomic E-state index is -4.71. The van der Waals surface area contributed by atoms with Gasteiger partial charge in [0, 0.05) is 5.56 Å². The van der Waals surface area contributed by atoms with Crippen molar-refractivity contribution in [3.8, 4) is 0 Å². The average molecular weight is 282 g/mol. The minimum absolute atomic E-state index is 0.106. The predicted molar refractivity (Wildman–Crippen MR) is 73.7 cm³/mol. The fraction of sp³-hybridized carbons (Fsp3) is 0.375. The molecule has 0 saturated carbocycles. The molecule has 4 heteroatoms. The Morgan fingerprint density at radius 1 is 1.05 bits per heavy atom. The number of halogens is 3. The zero-order chi connectivity index (χ0) is 15.1. The van der Waals surface area contributed by atoms with Crippen LogP contribution in [0, 0.1) is 0 Å². The fourth-order valence-electron chi connectivity index (χ4n) is 2.23. The molecule has 0 aliphatic carbocycles. The molecular formula is C16H17F3O. The number of benzene rings is 2. The van der Waals surface area contributed by atoms with Crippen molar-refractivity contribution in [2.45, 2.75) is 38.5 Å². The summed E-state index contributed by atoms with van der Waals surface area (Å²) < 4.78 is 39.2. The largest absolute Gasteiger partial charge is 0.421 e. The molecule has 1 nitrogen and oxygen atoms in total. The van der Waals surface area contributed by atoms with Gasteiger partial charge in [-0.05, 0) is 29.2 Å². The topological polar surface area (TPSA) is 20.2 Å². The summed E-state index contributed by atoms with van der Waals surface area (Å²) in [5.74, 6) is 0.211. The van der Waals surface area contributed by atoms with Crippen LogP contribution >= 0.6 is 0 Å². The number of rotatable bonds is 2. The minimum Gasteiger partial charge on any atom is -0.376 e. The molecule has 0 heterocycles. The lowest BCUT2D eigenvalue weighted by atomic mass is 9.88. The first kappa shape index (κ1) is 14.9. The average Bonchev–Trinajstić information content (AvgIpc) is 2.35. The molecule has 0 radical (unpaired) electrons. The van der Waals surface area contributed by atoms with Gasteiger partial charge in [-0.1, -0.05) is 50.2 Å². The van der Waals surface area contributed by atoms with Gasteiger partial charge in [-0.2, -0.15) is 13.2 Å². The van der Waals surface area contributed by atoms with Crippen LogP contribution in [-0.4, -0.2) is 11.3 Å². The number of alkyl halides is 3. The first-order chi connectivity index (χ1) is 9.14. The third kappa shape index (κ3) is 2.40. The van der Waals surface area contributed by atoms with E-state index in [2.05, 4.69) is 0 Å². The SMILES string of the molecule is CC(C)c1ccc2cccc(C(C)(O)C(F)(F)F)c2c1. The van der Waals surface area contributed by atoms with E-state index in [0.717, 1.165) is 12.5 Å². The number of hydrogen-bond acceptors (Lipinski definition) is 1. The van der Waals surface area contributed by atoms with Crippen LogP contribution in [0.3, 0.4) is 0 Å². The van der Waals surface area contributed by atoms with Gasteiger partial charge in [0.15, 0.2) is 5.60 Å². The van der Waals surface area contributed by atoms with Gasteiger partial charge in [0.25, 0.3) is 0 Å². The molecule has 2 aromatic rings. The Morgan fingerprint density at radius 2 is 1.70 bits per heavy atom. The number of fused-ring (bicyclic) bond motifs is 1. The maximum atomic E-state index is 13.1. The van der Waals surface area contributed by atoms with Gasteiger partial charge >= 0.3 is 6.18 Å². The van der Waals surface area contributed by atoms with Crippen LogP contribution in [0.2, 0.25) is 0 Å². The zero-order valence-electron chi connectivity index (χ0n) is 11.6. The van der Waals surface area contributed by atoms with Gasteiger partial charge in [-0.25, -0.2) is 0 Å². The van der Waals surface area contributed by atoms with Gasteiger partial charge < -0.3 is 5.11 Å². The van der Waals surface area contributed by atoms with Gasteiger partial charge in [-0.3, -0.25) is 0 Å². The van der Waals surface area contributed by atoms with Crippen molar-refractivity contribution in [1.82, 2.24) is 0 Å². The quantitative estimate of drug-likeness (QED) is 0.844. The van der Waals surface area contributed by atoms with E-state index in [0.29, 0.717) is 10.8 Å². The molecule has 0 aliphatic heterocycles. The standard InChI is InChI=1S/C16H17F3O/c1-10(2)12-8-7-11-5-4-6-14(13(11)9-12)15(3,20)16(17,18)19/h4-10,20H,1-3H3. The van der Waals surface area contributed by atoms with Gasteiger partial charge in [0.1, 0.15) is 0 Å². The Hall–Kier alpha value is -1.55. The molecule has 20 heavy (non-hydrogen) atoms. The van der Waals surface area contributed by atoms with Crippen LogP contribution in [0.1, 0.15) is 37.8 Å². The van der Waals surface area contributed by atoms with Crippen molar-refractivity contribution in [3.05, 3.63) is 47.5 Å². The first-order valence-corrected chi connectivity index (χ1v) is 6.47. The van der Waals surface area contributed by atoms with E-state index in [9.17, 15) is 18.3 Å². The predicted octanol–water partition coefficient (Wildman–Crippen LogP) is 4.73. The van der Waals surface area contributed by atoms with Crippen LogP contribution in [0.25, 0.3) is 10.8 Å². The molecule has 0 aromatic heterocycles. The van der Waals surface area contributed by atoms with Crippen molar-refractivity contribution in [3.63, 3.8) is 0 Å². The van der Waals surface area contributed by atoms with E-state index >= 15 is 0 Å². The highest BCUT2D eigenvalue weighted by Crippen LogP contribution is 2.41. The summed E-state index contributed by atoms with van der Waals surface area (Å²) >= 11 is 0. The Kier molecular flexibility index (Phi) is 3.54. The van der Waals surface area contributed by atoms with E-state index in [-0.39, 0.29) is 11.5 Å². The molecule has 0 bridgehead atoms. The van der Waals surface area contributed by atoms with Crippen molar-refractivity contribution in [2.24, 2.45) is 0 Å². The summed E-state index contributed by atoms with van der Waals surface area (Å²) in [4.78, 5) is 0. The molecule has 1 atom stereocenters. The van der Waals surface area contributed by atoms with E-state index in [1.54, 1.807) is 18.2 Å². The second kappa shape index (κ2) is 4.77. The van der Waals surface area contributed by atoms with Crippen molar-refractivity contribution in [2.75, 3.05) is 0 Å². The van der Waals surface area contributed by atoms with Gasteiger partial charge in [0.05, 0.1) is 0 Å². The fourth-order valence-corrected chi connectivity index (χ4v) is 2.23. The molecule has 0 spiro atoms. The highest BCUT2D eigenvalue weighted by molar-refractivity contribution is 5.87. The van der Waals surface area contributed by atoms with Gasteiger partial charge in [0.2, 0.25) is 0 Å². The Labute approximate surface area is 116 Å². The van der Waals surface area contributed by atoms with Crippen molar-refractivity contribution in [1.29, 1.82) is 0 Å². The Bertz CT molecular complexity index is 627. The third-order valence-electron chi connectivity index (χ3n) is 3.65. The summed E-state index contributed by atoms with van der Waals surface area (Å²) in [6.45, 7) is 4.75. The highest BCUT2D eigenvalue weighted by Gasteiger charge is 2.51. The monoisotopic (exact) mass is 282 g/mol. The lowest BCUT2D eigenvalue weighted by Crippen LogP contribution is -2.39. The van der Waals surface area contributed by atoms with Crippen LogP contribution in [-0.2, 0) is 5.60 Å². The molecule has 0 aliphatic rings. The van der Waals surface area contributed by atoms with Crippen LogP contribution in [0.5, 0.6) is 0 Å². The van der Waals surface area contributed by atoms with Gasteiger partial charge in [-0.15, -0.1) is 0 Å². The normalized spacial score (nSPS) is 15.6. The Morgan fingerprint density at radius 3 is 2.25 bits per heavy atom. The molecule has 2 rings (SSSR count). The number of aliphatic hydroxyl groups is 1. The molecule has 1 unspecified atom stereocenters. The number of hydrogen-bond donors (Lipinski definition) is 1. The van der Waals surface area contributed by atoms with E-state index < -0.39 is 11.8 Å². The highest BCUT2D eigenvalue weighted by atomic mass is 19.4. The lowest BCUT2D eigenvalue weighted by molar-refractivity contribution is -0.258. The maximum absolute atomic E-state index is 13.1. The van der Waals surface area contributed by atoms with E-state index in [1.807, 2.05) is 19.9 Å².